The van der Waals surface area contributed by atoms with Crippen molar-refractivity contribution in [2.45, 2.75) is 261 Å². The first-order valence-corrected chi connectivity index (χ1v) is 39.6. The molecule has 4 heterocycles. The van der Waals surface area contributed by atoms with Crippen molar-refractivity contribution in [2.75, 3.05) is 26.4 Å². The summed E-state index contributed by atoms with van der Waals surface area (Å²) >= 11 is 0. The normalized spacial score (nSPS) is 19.0. The molecule has 12 nitrogen and oxygen atoms in total. The third-order valence-electron chi connectivity index (χ3n) is 15.8. The molecule has 0 radical (unpaired) electrons. The zero-order chi connectivity index (χ0) is 54.2. The van der Waals surface area contributed by atoms with Crippen molar-refractivity contribution in [3.63, 3.8) is 0 Å². The molecule has 404 valence electrons. The Labute approximate surface area is 434 Å². The number of hydrogen-bond donors (Lipinski definition) is 0. The lowest BCUT2D eigenvalue weighted by Crippen LogP contribution is -2.44. The van der Waals surface area contributed by atoms with Crippen molar-refractivity contribution >= 4 is 57.9 Å². The Morgan fingerprint density at radius 3 is 1.30 bits per heavy atom. The predicted molar refractivity (Wildman–Crippen MR) is 305 cm³/mol. The van der Waals surface area contributed by atoms with Crippen molar-refractivity contribution < 1.29 is 36.9 Å². The second kappa shape index (κ2) is 22.4. The highest BCUT2D eigenvalue weighted by molar-refractivity contribution is 6.76. The highest BCUT2D eigenvalue weighted by Gasteiger charge is 2.54. The Hall–Kier alpha value is -0.903. The van der Waals surface area contributed by atoms with Crippen molar-refractivity contribution in [3.05, 3.63) is 23.8 Å². The van der Waals surface area contributed by atoms with E-state index in [1.54, 1.807) is 0 Å². The third-order valence-corrected chi connectivity index (χ3v) is 28.2. The van der Waals surface area contributed by atoms with E-state index in [9.17, 15) is 0 Å². The quantitative estimate of drug-likeness (QED) is 0.0835. The summed E-state index contributed by atoms with van der Waals surface area (Å²) in [5.41, 5.74) is 2.36. The Kier molecular flexibility index (Phi) is 20.2. The second-order valence-corrected chi connectivity index (χ2v) is 50.6. The Bertz CT molecular complexity index is 1920. The first-order chi connectivity index (χ1) is 31.1. The summed E-state index contributed by atoms with van der Waals surface area (Å²) in [6, 6.07) is 2.28. The van der Waals surface area contributed by atoms with Crippen LogP contribution in [0.25, 0.3) is 0 Å². The number of ether oxygens (including phenoxy) is 2. The van der Waals surface area contributed by atoms with Crippen LogP contribution in [0.1, 0.15) is 136 Å². The molecule has 2 aliphatic rings. The summed E-state index contributed by atoms with van der Waals surface area (Å²) in [5.74, 6) is 0. The highest BCUT2D eigenvalue weighted by atomic mass is 28.4. The van der Waals surface area contributed by atoms with E-state index in [0.29, 0.717) is 26.7 Å². The fourth-order valence-electron chi connectivity index (χ4n) is 7.00. The van der Waals surface area contributed by atoms with Crippen molar-refractivity contribution in [2.24, 2.45) is 10.8 Å². The van der Waals surface area contributed by atoms with Crippen LogP contribution in [0.3, 0.4) is 0 Å². The molecule has 0 amide bonds. The number of aromatic nitrogens is 4. The van der Waals surface area contributed by atoms with Gasteiger partial charge in [0.05, 0.1) is 28.1 Å². The first-order valence-electron chi connectivity index (χ1n) is 26.4. The van der Waals surface area contributed by atoms with Gasteiger partial charge in [0.1, 0.15) is 13.5 Å². The van der Waals surface area contributed by atoms with E-state index in [2.05, 4.69) is 196 Å². The molecule has 2 fully saturated rings. The summed E-state index contributed by atoms with van der Waals surface area (Å²) < 4.78 is 54.9. The van der Waals surface area contributed by atoms with Crippen LogP contribution in [0.4, 0.5) is 0 Å². The summed E-state index contributed by atoms with van der Waals surface area (Å²) in [7, 11) is -6.84. The van der Waals surface area contributed by atoms with Gasteiger partial charge in [0.2, 0.25) is 0 Å². The van der Waals surface area contributed by atoms with Gasteiger partial charge in [-0.25, -0.2) is 9.36 Å². The van der Waals surface area contributed by atoms with Gasteiger partial charge in [-0.15, -0.1) is 0 Å². The topological polar surface area (TPSA) is 109 Å². The summed E-state index contributed by atoms with van der Waals surface area (Å²) in [6.07, 6.45) is 5.54. The number of nitrogens with zero attached hydrogens (tertiary/aromatic N) is 4. The molecule has 70 heavy (non-hydrogen) atoms. The van der Waals surface area contributed by atoms with Gasteiger partial charge in [-0.2, -0.15) is 10.2 Å². The lowest BCUT2D eigenvalue weighted by molar-refractivity contribution is 0.00578. The standard InChI is InChI=1S/2C26H53BN2O4Si2/c1-23(2,3)35(13,14)31-19-24(4,5)17-22-21(27-32-25(6,7)26(8,9)33-27)18-29(28-22)20-30-15-16-34(10,11)12;1-23(2,3)35(13,14)31-19-24(4,5)17-22-21(27-32-25(6,7)26(8,9)33-27)18-28-29(22)20-30-15-16-34(10,11)12/h2*18H,15-17,19-20H2,1-14H3. The summed E-state index contributed by atoms with van der Waals surface area (Å²) in [5, 5.41) is 10.1. The number of rotatable bonds is 22. The lowest BCUT2D eigenvalue weighted by atomic mass is 9.75. The average Bonchev–Trinajstić information content (AvgIpc) is 3.84. The minimum Gasteiger partial charge on any atom is -0.416 e. The zero-order valence-electron chi connectivity index (χ0n) is 50.4. The molecule has 18 heteroatoms. The molecule has 0 atom stereocenters. The van der Waals surface area contributed by atoms with E-state index < -0.39 is 69.4 Å². The molecule has 0 bridgehead atoms. The van der Waals surface area contributed by atoms with E-state index in [1.807, 2.05) is 15.6 Å². The van der Waals surface area contributed by atoms with Crippen LogP contribution in [0.15, 0.2) is 12.4 Å². The van der Waals surface area contributed by atoms with Crippen LogP contribution in [-0.4, -0.2) is 115 Å². The van der Waals surface area contributed by atoms with Crippen LogP contribution >= 0.6 is 0 Å². The van der Waals surface area contributed by atoms with Gasteiger partial charge in [-0.1, -0.05) is 109 Å². The fourth-order valence-corrected chi connectivity index (χ4v) is 10.9. The van der Waals surface area contributed by atoms with Gasteiger partial charge in [-0.05, 0) is 127 Å². The molecule has 0 aliphatic carbocycles. The largest absolute Gasteiger partial charge is 0.498 e. The van der Waals surface area contributed by atoms with Gasteiger partial charge in [0.15, 0.2) is 16.6 Å². The molecule has 0 saturated carbocycles. The van der Waals surface area contributed by atoms with E-state index in [0.717, 1.165) is 60.5 Å². The smallest absolute Gasteiger partial charge is 0.416 e. The molecule has 4 rings (SSSR count). The maximum atomic E-state index is 6.63. The second-order valence-electron chi connectivity index (χ2n) is 29.8. The van der Waals surface area contributed by atoms with Gasteiger partial charge in [0.25, 0.3) is 0 Å². The monoisotopic (exact) mass is 1050 g/mol. The zero-order valence-corrected chi connectivity index (χ0v) is 54.4. The Morgan fingerprint density at radius 2 is 0.914 bits per heavy atom. The molecular weight excluding hydrogens is 943 g/mol. The molecule has 0 spiro atoms. The van der Waals surface area contributed by atoms with E-state index in [1.165, 1.54) is 0 Å². The molecule has 0 unspecified atom stereocenters. The SMILES string of the molecule is CC(C)(CO[Si](C)(C)C(C)(C)C)Cc1c(B2OC(C)(C)C(C)(C)O2)cnn1COCC[Si](C)(C)C.CC(C)(CO[Si](C)(C)C(C)(C)C)Cc1nn(COCC[Si](C)(C)C)cc1B1OC(C)(C)C(C)(C)O1. The minimum absolute atomic E-state index is 0.0776. The number of hydrogen-bond acceptors (Lipinski definition) is 10. The van der Waals surface area contributed by atoms with Gasteiger partial charge in [-0.3, -0.25) is 0 Å². The van der Waals surface area contributed by atoms with Crippen LogP contribution in [0.2, 0.25) is 87.6 Å². The average molecular weight is 1050 g/mol. The van der Waals surface area contributed by atoms with Gasteiger partial charge in [0, 0.05) is 71.6 Å². The first kappa shape index (κ1) is 63.4. The van der Waals surface area contributed by atoms with Crippen LogP contribution < -0.4 is 10.9 Å². The molecular formula is C52H106B2N4O8Si4. The lowest BCUT2D eigenvalue weighted by Gasteiger charge is -2.39. The van der Waals surface area contributed by atoms with Crippen LogP contribution in [-0.2, 0) is 63.2 Å². The van der Waals surface area contributed by atoms with Crippen molar-refractivity contribution in [3.8, 4) is 0 Å². The Balaban J connectivity index is 0.000000370. The van der Waals surface area contributed by atoms with Crippen molar-refractivity contribution in [1.82, 2.24) is 19.6 Å². The maximum Gasteiger partial charge on any atom is 0.498 e. The minimum atomic E-state index is -1.84. The fraction of sp³-hybridized carbons (Fsp3) is 0.885. The van der Waals surface area contributed by atoms with Crippen molar-refractivity contribution in [1.29, 1.82) is 0 Å². The van der Waals surface area contributed by atoms with Crippen LogP contribution in [0.5, 0.6) is 0 Å². The third kappa shape index (κ3) is 17.9. The van der Waals surface area contributed by atoms with E-state index in [-0.39, 0.29) is 20.9 Å². The van der Waals surface area contributed by atoms with Crippen LogP contribution in [0, 0.1) is 10.8 Å². The predicted octanol–water partition coefficient (Wildman–Crippen LogP) is 12.2. The van der Waals surface area contributed by atoms with Gasteiger partial charge < -0.3 is 36.9 Å². The van der Waals surface area contributed by atoms with Gasteiger partial charge >= 0.3 is 14.2 Å². The highest BCUT2D eigenvalue weighted by Crippen LogP contribution is 2.41. The summed E-state index contributed by atoms with van der Waals surface area (Å²) in [6.45, 7) is 66.8. The van der Waals surface area contributed by atoms with E-state index >= 15 is 0 Å². The Morgan fingerprint density at radius 1 is 0.543 bits per heavy atom. The van der Waals surface area contributed by atoms with E-state index in [4.69, 9.17) is 47.1 Å². The molecule has 2 aromatic heterocycles. The summed E-state index contributed by atoms with van der Waals surface area (Å²) in [4.78, 5) is 0. The molecule has 2 aromatic rings. The molecule has 2 saturated heterocycles. The maximum absolute atomic E-state index is 6.63. The molecule has 0 N–H and O–H groups in total. The molecule has 0 aromatic carbocycles. The molecule has 2 aliphatic heterocycles.